The second-order valence-electron chi connectivity index (χ2n) is 6.17. The molecule has 132 valence electrons. The summed E-state index contributed by atoms with van der Waals surface area (Å²) < 4.78 is 0. The van der Waals surface area contributed by atoms with Crippen LogP contribution in [0.25, 0.3) is 0 Å². The third-order valence-electron chi connectivity index (χ3n) is 4.23. The number of carbonyl (C=O) groups excluding carboxylic acids is 3. The number of hydrogen-bond donors (Lipinski definition) is 2. The van der Waals surface area contributed by atoms with Crippen molar-refractivity contribution < 1.29 is 14.4 Å². The topological polar surface area (TPSA) is 90.9 Å². The van der Waals surface area contributed by atoms with Crippen LogP contribution in [0.15, 0.2) is 29.4 Å². The van der Waals surface area contributed by atoms with Crippen molar-refractivity contribution in [2.45, 2.75) is 38.1 Å². The molecule has 2 aliphatic rings. The Morgan fingerprint density at radius 3 is 2.92 bits per heavy atom. The van der Waals surface area contributed by atoms with Crippen molar-refractivity contribution in [2.24, 2.45) is 5.10 Å². The van der Waals surface area contributed by atoms with E-state index in [1.165, 1.54) is 0 Å². The lowest BCUT2D eigenvalue weighted by atomic mass is 10.1. The SMILES string of the molecule is O=C1CCC(CCC(=O)N[C@H]2CC(=O)N(c3cccc(Cl)c3)C2)=NN1. The van der Waals surface area contributed by atoms with Crippen LogP contribution in [0.2, 0.25) is 5.02 Å². The van der Waals surface area contributed by atoms with Crippen LogP contribution in [0.3, 0.4) is 0 Å². The molecule has 1 fully saturated rings. The largest absolute Gasteiger partial charge is 0.351 e. The number of hydrogen-bond acceptors (Lipinski definition) is 4. The second-order valence-corrected chi connectivity index (χ2v) is 6.60. The summed E-state index contributed by atoms with van der Waals surface area (Å²) in [5, 5.41) is 7.41. The van der Waals surface area contributed by atoms with Gasteiger partial charge in [0.05, 0.1) is 6.04 Å². The van der Waals surface area contributed by atoms with Gasteiger partial charge in [0.1, 0.15) is 0 Å². The standard InChI is InChI=1S/C17H19ClN4O3/c18-11-2-1-3-14(8-11)22-10-13(9-17(22)25)19-15(23)6-4-12-5-7-16(24)21-20-12/h1-3,8,13H,4-7,9-10H2,(H,19,23)(H,21,24)/t13-/m0/s1. The first-order valence-electron chi connectivity index (χ1n) is 8.21. The van der Waals surface area contributed by atoms with Crippen molar-refractivity contribution in [2.75, 3.05) is 11.4 Å². The van der Waals surface area contributed by atoms with Crippen LogP contribution in [-0.2, 0) is 14.4 Å². The molecular weight excluding hydrogens is 344 g/mol. The van der Waals surface area contributed by atoms with Crippen LogP contribution < -0.4 is 15.6 Å². The molecule has 0 radical (unpaired) electrons. The van der Waals surface area contributed by atoms with Crippen molar-refractivity contribution in [3.05, 3.63) is 29.3 Å². The Hall–Kier alpha value is -2.41. The highest BCUT2D eigenvalue weighted by atomic mass is 35.5. The minimum Gasteiger partial charge on any atom is -0.351 e. The summed E-state index contributed by atoms with van der Waals surface area (Å²) in [6.45, 7) is 0.432. The van der Waals surface area contributed by atoms with E-state index in [1.54, 1.807) is 23.1 Å². The first-order valence-corrected chi connectivity index (χ1v) is 8.58. The third-order valence-corrected chi connectivity index (χ3v) is 4.47. The Balaban J connectivity index is 1.49. The van der Waals surface area contributed by atoms with E-state index in [4.69, 9.17) is 11.6 Å². The first kappa shape index (κ1) is 17.4. The Bertz CT molecular complexity index is 734. The van der Waals surface area contributed by atoms with Gasteiger partial charge in [0.2, 0.25) is 17.7 Å². The van der Waals surface area contributed by atoms with Gasteiger partial charge in [-0.1, -0.05) is 17.7 Å². The van der Waals surface area contributed by atoms with Crippen LogP contribution in [0.5, 0.6) is 0 Å². The van der Waals surface area contributed by atoms with E-state index in [0.29, 0.717) is 30.8 Å². The maximum Gasteiger partial charge on any atom is 0.240 e. The number of halogens is 1. The fraction of sp³-hybridized carbons (Fsp3) is 0.412. The van der Waals surface area contributed by atoms with E-state index < -0.39 is 0 Å². The van der Waals surface area contributed by atoms with Gasteiger partial charge in [-0.05, 0) is 31.0 Å². The zero-order valence-electron chi connectivity index (χ0n) is 13.6. The number of nitrogens with zero attached hydrogens (tertiary/aromatic N) is 2. The minimum absolute atomic E-state index is 0.0352. The highest BCUT2D eigenvalue weighted by Crippen LogP contribution is 2.24. The lowest BCUT2D eigenvalue weighted by Crippen LogP contribution is -2.37. The van der Waals surface area contributed by atoms with Crippen molar-refractivity contribution in [3.63, 3.8) is 0 Å². The van der Waals surface area contributed by atoms with Crippen LogP contribution >= 0.6 is 11.6 Å². The summed E-state index contributed by atoms with van der Waals surface area (Å²) >= 11 is 5.97. The van der Waals surface area contributed by atoms with E-state index in [-0.39, 0.29) is 36.6 Å². The second kappa shape index (κ2) is 7.65. The van der Waals surface area contributed by atoms with Crippen molar-refractivity contribution >= 4 is 40.7 Å². The summed E-state index contributed by atoms with van der Waals surface area (Å²) in [6.07, 6.45) is 2.06. The van der Waals surface area contributed by atoms with Gasteiger partial charge in [-0.2, -0.15) is 5.10 Å². The molecule has 0 aromatic heterocycles. The molecule has 2 heterocycles. The van der Waals surface area contributed by atoms with Crippen LogP contribution in [0, 0.1) is 0 Å². The van der Waals surface area contributed by atoms with Crippen molar-refractivity contribution in [1.82, 2.24) is 10.7 Å². The monoisotopic (exact) mass is 362 g/mol. The molecule has 0 aliphatic carbocycles. The Kier molecular flexibility index (Phi) is 5.33. The average Bonchev–Trinajstić information content (AvgIpc) is 2.94. The number of amides is 3. The molecule has 25 heavy (non-hydrogen) atoms. The molecule has 1 saturated heterocycles. The molecule has 8 heteroatoms. The zero-order valence-corrected chi connectivity index (χ0v) is 14.4. The number of hydrazone groups is 1. The van der Waals surface area contributed by atoms with Gasteiger partial charge in [0.15, 0.2) is 0 Å². The molecule has 7 nitrogen and oxygen atoms in total. The fourth-order valence-corrected chi connectivity index (χ4v) is 3.13. The number of nitrogens with one attached hydrogen (secondary N) is 2. The Morgan fingerprint density at radius 2 is 2.20 bits per heavy atom. The molecule has 0 bridgehead atoms. The van der Waals surface area contributed by atoms with Crippen molar-refractivity contribution in [3.8, 4) is 0 Å². The summed E-state index contributed by atoms with van der Waals surface area (Å²) in [4.78, 5) is 37.0. The number of anilines is 1. The quantitative estimate of drug-likeness (QED) is 0.833. The predicted molar refractivity (Wildman–Crippen MR) is 94.4 cm³/mol. The summed E-state index contributed by atoms with van der Waals surface area (Å²) in [5.41, 5.74) is 3.97. The van der Waals surface area contributed by atoms with Gasteiger partial charge in [-0.25, -0.2) is 5.43 Å². The molecule has 1 atom stereocenters. The molecule has 1 aromatic carbocycles. The highest BCUT2D eigenvalue weighted by molar-refractivity contribution is 6.30. The molecule has 0 spiro atoms. The molecule has 1 aromatic rings. The van der Waals surface area contributed by atoms with E-state index in [1.807, 2.05) is 6.07 Å². The molecule has 2 N–H and O–H groups in total. The molecule has 0 unspecified atom stereocenters. The molecular formula is C17H19ClN4O3. The van der Waals surface area contributed by atoms with E-state index in [9.17, 15) is 14.4 Å². The van der Waals surface area contributed by atoms with Crippen molar-refractivity contribution in [1.29, 1.82) is 0 Å². The van der Waals surface area contributed by atoms with E-state index in [0.717, 1.165) is 11.4 Å². The third kappa shape index (κ3) is 4.57. The molecule has 0 saturated carbocycles. The minimum atomic E-state index is -0.216. The zero-order chi connectivity index (χ0) is 17.8. The van der Waals surface area contributed by atoms with Gasteiger partial charge in [0, 0.05) is 42.2 Å². The van der Waals surface area contributed by atoms with Gasteiger partial charge >= 0.3 is 0 Å². The fourth-order valence-electron chi connectivity index (χ4n) is 2.95. The van der Waals surface area contributed by atoms with Crippen LogP contribution in [0.4, 0.5) is 5.69 Å². The summed E-state index contributed by atoms with van der Waals surface area (Å²) in [5.74, 6) is -0.254. The summed E-state index contributed by atoms with van der Waals surface area (Å²) in [7, 11) is 0. The highest BCUT2D eigenvalue weighted by Gasteiger charge is 2.31. The van der Waals surface area contributed by atoms with E-state index >= 15 is 0 Å². The Morgan fingerprint density at radius 1 is 1.36 bits per heavy atom. The van der Waals surface area contributed by atoms with Gasteiger partial charge in [0.25, 0.3) is 0 Å². The number of benzene rings is 1. The van der Waals surface area contributed by atoms with Gasteiger partial charge in [-0.3, -0.25) is 14.4 Å². The Labute approximate surface area is 150 Å². The summed E-state index contributed by atoms with van der Waals surface area (Å²) in [6, 6.07) is 6.89. The van der Waals surface area contributed by atoms with Gasteiger partial charge in [-0.15, -0.1) is 0 Å². The maximum absolute atomic E-state index is 12.2. The normalized spacial score (nSPS) is 20.3. The number of carbonyl (C=O) groups is 3. The lowest BCUT2D eigenvalue weighted by molar-refractivity contribution is -0.122. The molecule has 3 rings (SSSR count). The van der Waals surface area contributed by atoms with Gasteiger partial charge < -0.3 is 10.2 Å². The maximum atomic E-state index is 12.2. The van der Waals surface area contributed by atoms with Crippen LogP contribution in [-0.4, -0.2) is 36.0 Å². The molecule has 3 amide bonds. The molecule has 2 aliphatic heterocycles. The van der Waals surface area contributed by atoms with Crippen LogP contribution in [0.1, 0.15) is 32.1 Å². The first-order chi connectivity index (χ1) is 12.0. The number of rotatable bonds is 5. The smallest absolute Gasteiger partial charge is 0.240 e. The lowest BCUT2D eigenvalue weighted by Gasteiger charge is -2.17. The van der Waals surface area contributed by atoms with E-state index in [2.05, 4.69) is 15.8 Å². The predicted octanol–water partition coefficient (Wildman–Crippen LogP) is 1.61. The average molecular weight is 363 g/mol.